The van der Waals surface area contributed by atoms with E-state index in [1.807, 2.05) is 0 Å². The van der Waals surface area contributed by atoms with Gasteiger partial charge in [-0.1, -0.05) is 79.2 Å². The molecule has 1 atom stereocenters. The number of allylic oxidation sites excluding steroid dienone is 4. The molecule has 0 aromatic rings. The van der Waals surface area contributed by atoms with Gasteiger partial charge in [0.25, 0.3) is 0 Å². The maximum Gasteiger partial charge on any atom is -0.000626 e. The van der Waals surface area contributed by atoms with Crippen LogP contribution in [-0.4, -0.2) is 10.5 Å². The Morgan fingerprint density at radius 3 is 1.84 bits per heavy atom. The lowest BCUT2D eigenvalue weighted by Crippen LogP contribution is -2.41. The van der Waals surface area contributed by atoms with E-state index in [-0.39, 0.29) is 5.41 Å². The molecule has 1 rings (SSSR count). The van der Waals surface area contributed by atoms with E-state index in [0.29, 0.717) is 16.7 Å². The molecule has 112 valence electrons. The quantitative estimate of drug-likeness (QED) is 0.478. The Bertz CT molecular complexity index is 337. The van der Waals surface area contributed by atoms with E-state index < -0.39 is 0 Å². The third kappa shape index (κ3) is 3.93. The average Bonchev–Trinajstić information content (AvgIpc) is 2.29. The molecule has 0 radical (unpaired) electrons. The Kier molecular flexibility index (Phi) is 6.04. The first-order valence-corrected chi connectivity index (χ1v) is 7.09. The molecule has 0 bridgehead atoms. The molecule has 1 aliphatic carbocycles. The zero-order valence-electron chi connectivity index (χ0n) is 13.9. The monoisotopic (exact) mass is 268 g/mol. The Morgan fingerprint density at radius 1 is 1.05 bits per heavy atom. The molecule has 1 aliphatic rings. The fourth-order valence-electron chi connectivity index (χ4n) is 3.06. The summed E-state index contributed by atoms with van der Waals surface area (Å²) in [4.78, 5) is 0. The van der Waals surface area contributed by atoms with Crippen molar-refractivity contribution in [3.05, 3.63) is 23.8 Å². The third-order valence-corrected chi connectivity index (χ3v) is 4.56. The molecule has 0 saturated heterocycles. The fourth-order valence-corrected chi connectivity index (χ4v) is 3.06. The van der Waals surface area contributed by atoms with Gasteiger partial charge < -0.3 is 0 Å². The van der Waals surface area contributed by atoms with Crippen molar-refractivity contribution in [2.45, 2.75) is 61.8 Å². The van der Waals surface area contributed by atoms with Gasteiger partial charge in [0.05, 0.1) is 0 Å². The highest BCUT2D eigenvalue weighted by atomic mass is 17.0. The van der Waals surface area contributed by atoms with E-state index in [0.717, 1.165) is 0 Å². The molecule has 0 saturated carbocycles. The summed E-state index contributed by atoms with van der Waals surface area (Å²) in [7, 11) is 0. The summed E-state index contributed by atoms with van der Waals surface area (Å²) in [5, 5.41) is 12.0. The molecular weight excluding hydrogens is 236 g/mol. The average molecular weight is 268 g/mol. The Labute approximate surface area is 119 Å². The zero-order valence-corrected chi connectivity index (χ0v) is 13.9. The largest absolute Gasteiger partial charge is 0.255 e. The van der Waals surface area contributed by atoms with Crippen molar-refractivity contribution in [3.63, 3.8) is 0 Å². The van der Waals surface area contributed by atoms with Crippen molar-refractivity contribution in [2.75, 3.05) is 0 Å². The molecule has 0 aromatic heterocycles. The predicted molar refractivity (Wildman–Crippen MR) is 83.3 cm³/mol. The molecule has 0 heterocycles. The normalized spacial score (nSPS) is 23.8. The highest BCUT2D eigenvalue weighted by molar-refractivity contribution is 5.29. The van der Waals surface area contributed by atoms with Crippen LogP contribution in [0, 0.1) is 22.2 Å². The third-order valence-electron chi connectivity index (χ3n) is 4.56. The van der Waals surface area contributed by atoms with Crippen LogP contribution < -0.4 is 0 Å². The minimum Gasteiger partial charge on any atom is -0.255 e. The number of rotatable bonds is 1. The molecule has 0 aliphatic heterocycles. The van der Waals surface area contributed by atoms with Gasteiger partial charge in [-0.25, -0.2) is 0 Å². The standard InChI is InChI=1S/C17H30.H2O2/c1-13(2)17(16(6,7)8)11-9-10-14(12-17)15(3,4)5;1-2/h9-11,13H,12H2,1-8H3;1-2H. The molecular formula is C17H32O2. The maximum atomic E-state index is 6.00. The summed E-state index contributed by atoms with van der Waals surface area (Å²) in [6.07, 6.45) is 8.27. The van der Waals surface area contributed by atoms with E-state index in [2.05, 4.69) is 73.6 Å². The number of hydrogen-bond acceptors (Lipinski definition) is 2. The first-order valence-electron chi connectivity index (χ1n) is 7.09. The SMILES string of the molecule is CC(C)C1(C(C)(C)C)C=CC=C(C(C)(C)C)C1.OO. The lowest BCUT2D eigenvalue weighted by molar-refractivity contribution is -0.176. The Hall–Kier alpha value is -0.600. The van der Waals surface area contributed by atoms with Gasteiger partial charge >= 0.3 is 0 Å². The summed E-state index contributed by atoms with van der Waals surface area (Å²) < 4.78 is 0. The lowest BCUT2D eigenvalue weighted by atomic mass is 9.55. The van der Waals surface area contributed by atoms with Gasteiger partial charge in [0.15, 0.2) is 0 Å². The molecule has 0 amide bonds. The summed E-state index contributed by atoms with van der Waals surface area (Å²) in [5.74, 6) is 0.671. The second-order valence-corrected chi connectivity index (χ2v) is 7.92. The molecule has 19 heavy (non-hydrogen) atoms. The van der Waals surface area contributed by atoms with Crippen LogP contribution in [0.3, 0.4) is 0 Å². The molecule has 2 nitrogen and oxygen atoms in total. The van der Waals surface area contributed by atoms with E-state index in [4.69, 9.17) is 10.5 Å². The summed E-state index contributed by atoms with van der Waals surface area (Å²) >= 11 is 0. The van der Waals surface area contributed by atoms with Crippen LogP contribution in [0.1, 0.15) is 61.8 Å². The van der Waals surface area contributed by atoms with Crippen LogP contribution in [0.4, 0.5) is 0 Å². The van der Waals surface area contributed by atoms with Crippen molar-refractivity contribution >= 4 is 0 Å². The van der Waals surface area contributed by atoms with Gasteiger partial charge in [0.1, 0.15) is 0 Å². The van der Waals surface area contributed by atoms with Gasteiger partial charge in [-0.05, 0) is 28.6 Å². The van der Waals surface area contributed by atoms with Gasteiger partial charge in [-0.3, -0.25) is 10.5 Å². The molecule has 1 unspecified atom stereocenters. The lowest BCUT2D eigenvalue weighted by Gasteiger charge is -2.49. The van der Waals surface area contributed by atoms with Crippen molar-refractivity contribution in [1.82, 2.24) is 0 Å². The molecule has 0 spiro atoms. The minimum absolute atomic E-state index is 0.288. The van der Waals surface area contributed by atoms with Crippen LogP contribution in [0.15, 0.2) is 23.8 Å². The van der Waals surface area contributed by atoms with Gasteiger partial charge in [0.2, 0.25) is 0 Å². The van der Waals surface area contributed by atoms with Gasteiger partial charge in [0, 0.05) is 0 Å². The van der Waals surface area contributed by atoms with Crippen molar-refractivity contribution in [2.24, 2.45) is 22.2 Å². The van der Waals surface area contributed by atoms with Crippen LogP contribution >= 0.6 is 0 Å². The predicted octanol–water partition coefficient (Wildman–Crippen LogP) is 5.62. The Balaban J connectivity index is 0.00000154. The summed E-state index contributed by atoms with van der Waals surface area (Å²) in [5.41, 5.74) is 2.48. The summed E-state index contributed by atoms with van der Waals surface area (Å²) in [6, 6.07) is 0. The number of hydrogen-bond donors (Lipinski definition) is 2. The maximum absolute atomic E-state index is 6.00. The van der Waals surface area contributed by atoms with Crippen molar-refractivity contribution in [1.29, 1.82) is 0 Å². The fraction of sp³-hybridized carbons (Fsp3) is 0.765. The topological polar surface area (TPSA) is 40.5 Å². The van der Waals surface area contributed by atoms with Gasteiger partial charge in [-0.2, -0.15) is 0 Å². The smallest absolute Gasteiger partial charge is 0.000626 e. The highest BCUT2D eigenvalue weighted by Crippen LogP contribution is 2.53. The molecule has 0 aromatic carbocycles. The first kappa shape index (κ1) is 18.4. The van der Waals surface area contributed by atoms with E-state index >= 15 is 0 Å². The van der Waals surface area contributed by atoms with E-state index in [9.17, 15) is 0 Å². The molecule has 2 N–H and O–H groups in total. The van der Waals surface area contributed by atoms with Gasteiger partial charge in [-0.15, -0.1) is 0 Å². The second kappa shape index (κ2) is 6.23. The van der Waals surface area contributed by atoms with Crippen LogP contribution in [0.2, 0.25) is 0 Å². The van der Waals surface area contributed by atoms with Crippen LogP contribution in [0.5, 0.6) is 0 Å². The summed E-state index contributed by atoms with van der Waals surface area (Å²) in [6.45, 7) is 18.8. The second-order valence-electron chi connectivity index (χ2n) is 7.92. The van der Waals surface area contributed by atoms with E-state index in [1.54, 1.807) is 5.57 Å². The first-order chi connectivity index (χ1) is 8.51. The van der Waals surface area contributed by atoms with Crippen molar-refractivity contribution < 1.29 is 10.5 Å². The van der Waals surface area contributed by atoms with Crippen LogP contribution in [0.25, 0.3) is 0 Å². The van der Waals surface area contributed by atoms with Crippen LogP contribution in [-0.2, 0) is 0 Å². The highest BCUT2D eigenvalue weighted by Gasteiger charge is 2.44. The minimum atomic E-state index is 0.288. The van der Waals surface area contributed by atoms with Crippen molar-refractivity contribution in [3.8, 4) is 0 Å². The molecule has 0 fully saturated rings. The Morgan fingerprint density at radius 2 is 1.53 bits per heavy atom. The zero-order chi connectivity index (χ0) is 15.5. The molecule has 2 heteroatoms. The van der Waals surface area contributed by atoms with E-state index in [1.165, 1.54) is 6.42 Å².